The van der Waals surface area contributed by atoms with Crippen LogP contribution in [0.1, 0.15) is 19.7 Å². The van der Waals surface area contributed by atoms with E-state index in [1.54, 1.807) is 0 Å². The third kappa shape index (κ3) is 1.26. The Morgan fingerprint density at radius 3 is 2.56 bits per heavy atom. The minimum Gasteiger partial charge on any atom is -0.319 e. The van der Waals surface area contributed by atoms with Crippen LogP contribution < -0.4 is 5.73 Å². The number of nitrogens with one attached hydrogen (secondary N) is 1. The first-order valence-corrected chi connectivity index (χ1v) is 2.75. The van der Waals surface area contributed by atoms with Crippen LogP contribution in [0, 0.1) is 0 Å². The monoisotopic (exact) mass is 126 g/mol. The van der Waals surface area contributed by atoms with Crippen molar-refractivity contribution in [1.29, 1.82) is 0 Å². The normalized spacial score (nSPS) is 11.9. The summed E-state index contributed by atoms with van der Waals surface area (Å²) in [7, 11) is 0. The van der Waals surface area contributed by atoms with E-state index in [1.807, 2.05) is 13.8 Å². The Hall–Kier alpha value is -0.900. The second-order valence-electron chi connectivity index (χ2n) is 2.56. The van der Waals surface area contributed by atoms with Crippen molar-refractivity contribution in [3.05, 3.63) is 12.2 Å². The van der Waals surface area contributed by atoms with Crippen LogP contribution in [0.15, 0.2) is 6.33 Å². The summed E-state index contributed by atoms with van der Waals surface area (Å²) in [4.78, 5) is 3.90. The van der Waals surface area contributed by atoms with Gasteiger partial charge in [0.25, 0.3) is 0 Å². The molecule has 0 aliphatic carbocycles. The molecule has 0 saturated heterocycles. The molecule has 0 bridgehead atoms. The molecule has 4 nitrogen and oxygen atoms in total. The lowest BCUT2D eigenvalue weighted by atomic mass is 10.1. The Labute approximate surface area is 53.5 Å². The average molecular weight is 126 g/mol. The van der Waals surface area contributed by atoms with Crippen molar-refractivity contribution in [1.82, 2.24) is 15.2 Å². The number of hydrogen-bond donors (Lipinski definition) is 2. The van der Waals surface area contributed by atoms with Crippen molar-refractivity contribution in [2.24, 2.45) is 5.73 Å². The Kier molecular flexibility index (Phi) is 1.25. The first-order chi connectivity index (χ1) is 4.11. The van der Waals surface area contributed by atoms with Crippen molar-refractivity contribution in [3.8, 4) is 0 Å². The minimum absolute atomic E-state index is 0.406. The van der Waals surface area contributed by atoms with Crippen molar-refractivity contribution in [2.45, 2.75) is 19.4 Å². The molecule has 1 aromatic heterocycles. The van der Waals surface area contributed by atoms with Crippen LogP contribution >= 0.6 is 0 Å². The summed E-state index contributed by atoms with van der Waals surface area (Å²) in [6, 6.07) is 0. The fraction of sp³-hybridized carbons (Fsp3) is 0.600. The molecule has 0 aromatic carbocycles. The number of rotatable bonds is 1. The van der Waals surface area contributed by atoms with E-state index in [1.165, 1.54) is 6.33 Å². The maximum atomic E-state index is 5.67. The lowest BCUT2D eigenvalue weighted by Gasteiger charge is -2.12. The molecule has 3 N–H and O–H groups in total. The average Bonchev–Trinajstić information content (AvgIpc) is 2.08. The summed E-state index contributed by atoms with van der Waals surface area (Å²) in [6.07, 6.45) is 1.45. The smallest absolute Gasteiger partial charge is 0.143 e. The summed E-state index contributed by atoms with van der Waals surface area (Å²) >= 11 is 0. The molecule has 1 heterocycles. The van der Waals surface area contributed by atoms with Gasteiger partial charge in [-0.15, -0.1) is 0 Å². The molecule has 0 fully saturated rings. The first kappa shape index (κ1) is 6.22. The number of nitrogens with zero attached hydrogens (tertiary/aromatic N) is 2. The lowest BCUT2D eigenvalue weighted by Crippen LogP contribution is -2.30. The van der Waals surface area contributed by atoms with Crippen LogP contribution in [0.5, 0.6) is 0 Å². The zero-order valence-electron chi connectivity index (χ0n) is 5.55. The van der Waals surface area contributed by atoms with E-state index in [4.69, 9.17) is 5.73 Å². The van der Waals surface area contributed by atoms with Crippen LogP contribution in [-0.2, 0) is 5.54 Å². The van der Waals surface area contributed by atoms with Crippen molar-refractivity contribution in [3.63, 3.8) is 0 Å². The minimum atomic E-state index is -0.406. The number of H-pyrrole nitrogens is 1. The van der Waals surface area contributed by atoms with Gasteiger partial charge in [-0.2, -0.15) is 5.10 Å². The predicted octanol–water partition coefficient (Wildman–Crippen LogP) is -0.00150. The molecule has 1 rings (SSSR count). The number of hydrogen-bond acceptors (Lipinski definition) is 3. The van der Waals surface area contributed by atoms with Gasteiger partial charge in [0.15, 0.2) is 0 Å². The van der Waals surface area contributed by atoms with Gasteiger partial charge in [0, 0.05) is 0 Å². The van der Waals surface area contributed by atoms with Crippen LogP contribution in [0.25, 0.3) is 0 Å². The van der Waals surface area contributed by atoms with E-state index in [0.717, 1.165) is 0 Å². The Morgan fingerprint density at radius 1 is 1.67 bits per heavy atom. The summed E-state index contributed by atoms with van der Waals surface area (Å²) in [6.45, 7) is 3.74. The topological polar surface area (TPSA) is 67.6 Å². The van der Waals surface area contributed by atoms with Gasteiger partial charge in [0.05, 0.1) is 5.54 Å². The Balaban J connectivity index is 2.90. The second-order valence-corrected chi connectivity index (χ2v) is 2.56. The Bertz CT molecular complexity index is 171. The van der Waals surface area contributed by atoms with Crippen molar-refractivity contribution < 1.29 is 0 Å². The summed E-state index contributed by atoms with van der Waals surface area (Å²) in [5, 5.41) is 6.36. The highest BCUT2D eigenvalue weighted by molar-refractivity contribution is 4.96. The molecule has 0 amide bonds. The molecule has 1 aromatic rings. The van der Waals surface area contributed by atoms with Gasteiger partial charge >= 0.3 is 0 Å². The first-order valence-electron chi connectivity index (χ1n) is 2.75. The lowest BCUT2D eigenvalue weighted by molar-refractivity contribution is 0.516. The van der Waals surface area contributed by atoms with Crippen molar-refractivity contribution >= 4 is 0 Å². The number of aromatic amines is 1. The second kappa shape index (κ2) is 1.80. The maximum Gasteiger partial charge on any atom is 0.143 e. The molecule has 50 valence electrons. The van der Waals surface area contributed by atoms with Gasteiger partial charge in [0.1, 0.15) is 12.2 Å². The fourth-order valence-corrected chi connectivity index (χ4v) is 0.516. The van der Waals surface area contributed by atoms with E-state index in [2.05, 4.69) is 15.2 Å². The molecule has 0 unspecified atom stereocenters. The summed E-state index contributed by atoms with van der Waals surface area (Å²) in [5.74, 6) is 0.711. The summed E-state index contributed by atoms with van der Waals surface area (Å²) in [5.41, 5.74) is 5.26. The largest absolute Gasteiger partial charge is 0.319 e. The van der Waals surface area contributed by atoms with Crippen LogP contribution in [-0.4, -0.2) is 15.2 Å². The van der Waals surface area contributed by atoms with Crippen LogP contribution in [0.3, 0.4) is 0 Å². The molecule has 0 saturated carbocycles. The van der Waals surface area contributed by atoms with Gasteiger partial charge in [-0.3, -0.25) is 5.10 Å². The van der Waals surface area contributed by atoms with Gasteiger partial charge < -0.3 is 5.73 Å². The maximum absolute atomic E-state index is 5.67. The third-order valence-corrected chi connectivity index (χ3v) is 1.03. The number of nitrogens with two attached hydrogens (primary N) is 1. The standard InChI is InChI=1S/C5H10N4/c1-5(2,6)4-7-3-8-9-4/h3H,6H2,1-2H3,(H,7,8,9). The molecular weight excluding hydrogens is 116 g/mol. The third-order valence-electron chi connectivity index (χ3n) is 1.03. The zero-order valence-corrected chi connectivity index (χ0v) is 5.55. The van der Waals surface area contributed by atoms with E-state index < -0.39 is 5.54 Å². The van der Waals surface area contributed by atoms with Gasteiger partial charge in [-0.25, -0.2) is 4.98 Å². The van der Waals surface area contributed by atoms with Gasteiger partial charge in [0.2, 0.25) is 0 Å². The number of aromatic nitrogens is 3. The van der Waals surface area contributed by atoms with Crippen LogP contribution in [0.4, 0.5) is 0 Å². The molecule has 9 heavy (non-hydrogen) atoms. The molecule has 0 aliphatic heterocycles. The molecular formula is C5H10N4. The quantitative estimate of drug-likeness (QED) is 0.556. The molecule has 0 atom stereocenters. The molecule has 0 radical (unpaired) electrons. The Morgan fingerprint density at radius 2 is 2.33 bits per heavy atom. The highest BCUT2D eigenvalue weighted by atomic mass is 15.2. The SMILES string of the molecule is CC(C)(N)c1ncn[nH]1. The van der Waals surface area contributed by atoms with E-state index in [9.17, 15) is 0 Å². The van der Waals surface area contributed by atoms with Crippen LogP contribution in [0.2, 0.25) is 0 Å². The fourth-order valence-electron chi connectivity index (χ4n) is 0.516. The van der Waals surface area contributed by atoms with Gasteiger partial charge in [-0.05, 0) is 13.8 Å². The summed E-state index contributed by atoms with van der Waals surface area (Å²) < 4.78 is 0. The van der Waals surface area contributed by atoms with E-state index in [0.29, 0.717) is 5.82 Å². The highest BCUT2D eigenvalue weighted by Gasteiger charge is 2.16. The zero-order chi connectivity index (χ0) is 6.91. The van der Waals surface area contributed by atoms with E-state index >= 15 is 0 Å². The van der Waals surface area contributed by atoms with Crippen molar-refractivity contribution in [2.75, 3.05) is 0 Å². The molecule has 0 aliphatic rings. The predicted molar refractivity (Wildman–Crippen MR) is 33.6 cm³/mol. The molecule has 4 heteroatoms. The highest BCUT2D eigenvalue weighted by Crippen LogP contribution is 2.08. The molecule has 0 spiro atoms. The van der Waals surface area contributed by atoms with Gasteiger partial charge in [-0.1, -0.05) is 0 Å². The van der Waals surface area contributed by atoms with E-state index in [-0.39, 0.29) is 0 Å².